The first kappa shape index (κ1) is 20.7. The van der Waals surface area contributed by atoms with Crippen LogP contribution in [0.2, 0.25) is 0 Å². The van der Waals surface area contributed by atoms with Gasteiger partial charge in [0.2, 0.25) is 0 Å². The molecule has 0 N–H and O–H groups in total. The number of benzene rings is 1. The summed E-state index contributed by atoms with van der Waals surface area (Å²) in [5.41, 5.74) is 1.58. The lowest BCUT2D eigenvalue weighted by Gasteiger charge is -2.18. The Bertz CT molecular complexity index is 707. The molecular formula is C21H30O4S. The fourth-order valence-corrected chi connectivity index (χ4v) is 4.14. The summed E-state index contributed by atoms with van der Waals surface area (Å²) in [5.74, 6) is 0.559. The summed E-state index contributed by atoms with van der Waals surface area (Å²) in [6, 6.07) is 5.79. The van der Waals surface area contributed by atoms with Crippen molar-refractivity contribution in [3.8, 4) is 5.75 Å². The number of esters is 1. The maximum absolute atomic E-state index is 11.7. The standard InChI is InChI=1S/C21H30O4S/c1-6-23-21(22)11-17-13-24-20-12-18(9-10-19(17)20)25-15(4)7-8-16(5)26-14(2)3/h9-10,12-16H,6-8,11H2,1-5H3/t15-,16?/m1/s1. The molecule has 1 aromatic carbocycles. The first-order valence-corrected chi connectivity index (χ1v) is 10.3. The van der Waals surface area contributed by atoms with Crippen molar-refractivity contribution < 1.29 is 18.7 Å². The lowest BCUT2D eigenvalue weighted by molar-refractivity contribution is -0.142. The number of fused-ring (bicyclic) bond motifs is 1. The van der Waals surface area contributed by atoms with Crippen molar-refractivity contribution in [2.45, 2.75) is 70.5 Å². The third-order valence-corrected chi connectivity index (χ3v) is 5.33. The van der Waals surface area contributed by atoms with E-state index in [1.165, 1.54) is 0 Å². The molecule has 1 aromatic heterocycles. The van der Waals surface area contributed by atoms with Crippen LogP contribution in [0.3, 0.4) is 0 Å². The van der Waals surface area contributed by atoms with Gasteiger partial charge in [0.05, 0.1) is 25.4 Å². The van der Waals surface area contributed by atoms with Crippen LogP contribution in [0.4, 0.5) is 0 Å². The lowest BCUT2D eigenvalue weighted by Crippen LogP contribution is -2.14. The van der Waals surface area contributed by atoms with Gasteiger partial charge in [-0.25, -0.2) is 0 Å². The Morgan fingerprint density at radius 1 is 1.19 bits per heavy atom. The average Bonchev–Trinajstić information content (AvgIpc) is 2.95. The molecule has 0 aliphatic rings. The third-order valence-electron chi connectivity index (χ3n) is 4.09. The van der Waals surface area contributed by atoms with Gasteiger partial charge in [-0.15, -0.1) is 0 Å². The Balaban J connectivity index is 1.93. The van der Waals surface area contributed by atoms with Crippen LogP contribution in [0.15, 0.2) is 28.9 Å². The van der Waals surface area contributed by atoms with Crippen molar-refractivity contribution in [3.05, 3.63) is 30.0 Å². The minimum Gasteiger partial charge on any atom is -0.491 e. The van der Waals surface area contributed by atoms with E-state index in [4.69, 9.17) is 13.9 Å². The van der Waals surface area contributed by atoms with Crippen LogP contribution in [-0.2, 0) is 16.0 Å². The van der Waals surface area contributed by atoms with Gasteiger partial charge in [-0.2, -0.15) is 11.8 Å². The molecule has 26 heavy (non-hydrogen) atoms. The van der Waals surface area contributed by atoms with Gasteiger partial charge in [0.1, 0.15) is 11.3 Å². The molecule has 1 unspecified atom stereocenters. The van der Waals surface area contributed by atoms with Crippen molar-refractivity contribution in [2.24, 2.45) is 0 Å². The largest absolute Gasteiger partial charge is 0.491 e. The smallest absolute Gasteiger partial charge is 0.310 e. The highest BCUT2D eigenvalue weighted by molar-refractivity contribution is 8.00. The van der Waals surface area contributed by atoms with E-state index in [1.54, 1.807) is 13.2 Å². The molecule has 144 valence electrons. The summed E-state index contributed by atoms with van der Waals surface area (Å²) < 4.78 is 16.7. The predicted octanol–water partition coefficient (Wildman–Crippen LogP) is 5.62. The molecule has 2 rings (SSSR count). The second-order valence-electron chi connectivity index (χ2n) is 6.90. The molecule has 0 amide bonds. The van der Waals surface area contributed by atoms with E-state index >= 15 is 0 Å². The van der Waals surface area contributed by atoms with Gasteiger partial charge in [0.15, 0.2) is 0 Å². The zero-order chi connectivity index (χ0) is 19.1. The zero-order valence-corrected chi connectivity index (χ0v) is 17.2. The highest BCUT2D eigenvalue weighted by atomic mass is 32.2. The van der Waals surface area contributed by atoms with Gasteiger partial charge < -0.3 is 13.9 Å². The van der Waals surface area contributed by atoms with E-state index in [-0.39, 0.29) is 18.5 Å². The molecule has 0 spiro atoms. The molecule has 0 aliphatic heterocycles. The second-order valence-corrected chi connectivity index (χ2v) is 8.92. The van der Waals surface area contributed by atoms with E-state index in [1.807, 2.05) is 30.0 Å². The molecule has 0 saturated carbocycles. The fourth-order valence-electron chi connectivity index (χ4n) is 2.93. The summed E-state index contributed by atoms with van der Waals surface area (Å²) in [5, 5.41) is 2.23. The average molecular weight is 379 g/mol. The molecule has 2 atom stereocenters. The second kappa shape index (κ2) is 9.91. The van der Waals surface area contributed by atoms with Gasteiger partial charge in [-0.3, -0.25) is 4.79 Å². The summed E-state index contributed by atoms with van der Waals surface area (Å²) in [7, 11) is 0. The van der Waals surface area contributed by atoms with Crippen LogP contribution in [0.25, 0.3) is 11.0 Å². The van der Waals surface area contributed by atoms with E-state index < -0.39 is 0 Å². The van der Waals surface area contributed by atoms with Crippen LogP contribution < -0.4 is 4.74 Å². The number of hydrogen-bond acceptors (Lipinski definition) is 5. The zero-order valence-electron chi connectivity index (χ0n) is 16.4. The lowest BCUT2D eigenvalue weighted by atomic mass is 10.1. The van der Waals surface area contributed by atoms with Crippen LogP contribution in [0.5, 0.6) is 5.75 Å². The van der Waals surface area contributed by atoms with Crippen LogP contribution >= 0.6 is 11.8 Å². The third kappa shape index (κ3) is 6.27. The Hall–Kier alpha value is -1.62. The highest BCUT2D eigenvalue weighted by Crippen LogP contribution is 2.28. The van der Waals surface area contributed by atoms with Crippen LogP contribution in [0.1, 0.15) is 53.0 Å². The van der Waals surface area contributed by atoms with Gasteiger partial charge in [0.25, 0.3) is 0 Å². The van der Waals surface area contributed by atoms with Crippen molar-refractivity contribution in [1.29, 1.82) is 0 Å². The van der Waals surface area contributed by atoms with E-state index in [9.17, 15) is 4.79 Å². The Morgan fingerprint density at radius 2 is 1.96 bits per heavy atom. The first-order chi connectivity index (χ1) is 12.4. The molecule has 0 fully saturated rings. The number of rotatable bonds is 10. The maximum atomic E-state index is 11.7. The van der Waals surface area contributed by atoms with Crippen LogP contribution in [-0.4, -0.2) is 29.2 Å². The Labute approximate surface area is 160 Å². The molecule has 0 saturated heterocycles. The first-order valence-electron chi connectivity index (χ1n) is 9.36. The summed E-state index contributed by atoms with van der Waals surface area (Å²) in [6.45, 7) is 11.0. The van der Waals surface area contributed by atoms with Crippen molar-refractivity contribution in [3.63, 3.8) is 0 Å². The molecule has 1 heterocycles. The summed E-state index contributed by atoms with van der Waals surface area (Å²) >= 11 is 2.01. The van der Waals surface area contributed by atoms with Gasteiger partial charge >= 0.3 is 5.97 Å². The number of furan rings is 1. The fraction of sp³-hybridized carbons (Fsp3) is 0.571. The number of ether oxygens (including phenoxy) is 2. The molecule has 5 heteroatoms. The molecule has 2 aromatic rings. The molecule has 0 aliphatic carbocycles. The van der Waals surface area contributed by atoms with Gasteiger partial charge in [0, 0.05) is 22.3 Å². The molecule has 0 radical (unpaired) electrons. The Morgan fingerprint density at radius 3 is 2.65 bits per heavy atom. The normalized spacial score (nSPS) is 13.8. The number of carbonyl (C=O) groups is 1. The van der Waals surface area contributed by atoms with E-state index in [0.29, 0.717) is 17.1 Å². The van der Waals surface area contributed by atoms with Crippen LogP contribution in [0, 0.1) is 0 Å². The Kier molecular flexibility index (Phi) is 7.88. The predicted molar refractivity (Wildman–Crippen MR) is 108 cm³/mol. The van der Waals surface area contributed by atoms with Gasteiger partial charge in [-0.05, 0) is 44.1 Å². The van der Waals surface area contributed by atoms with Crippen molar-refractivity contribution >= 4 is 28.7 Å². The highest BCUT2D eigenvalue weighted by Gasteiger charge is 2.14. The van der Waals surface area contributed by atoms with E-state index in [0.717, 1.165) is 35.1 Å². The number of carbonyl (C=O) groups excluding carboxylic acids is 1. The monoisotopic (exact) mass is 378 g/mol. The van der Waals surface area contributed by atoms with Crippen molar-refractivity contribution in [2.75, 3.05) is 6.61 Å². The molecule has 4 nitrogen and oxygen atoms in total. The molecular weight excluding hydrogens is 348 g/mol. The quantitative estimate of drug-likeness (QED) is 0.503. The number of thioether (sulfide) groups is 1. The van der Waals surface area contributed by atoms with Gasteiger partial charge in [-0.1, -0.05) is 20.8 Å². The topological polar surface area (TPSA) is 48.7 Å². The summed E-state index contributed by atoms with van der Waals surface area (Å²) in [6.07, 6.45) is 4.15. The minimum absolute atomic E-state index is 0.150. The SMILES string of the molecule is CCOC(=O)Cc1coc2cc(O[C@H](C)CCC(C)SC(C)C)ccc12. The number of hydrogen-bond donors (Lipinski definition) is 0. The summed E-state index contributed by atoms with van der Waals surface area (Å²) in [4.78, 5) is 11.7. The molecule has 0 bridgehead atoms. The maximum Gasteiger partial charge on any atom is 0.310 e. The van der Waals surface area contributed by atoms with Crippen molar-refractivity contribution in [1.82, 2.24) is 0 Å². The van der Waals surface area contributed by atoms with E-state index in [2.05, 4.69) is 27.7 Å². The minimum atomic E-state index is -0.238.